The number of nitrogens with one attached hydrogen (secondary N) is 1. The fourth-order valence-corrected chi connectivity index (χ4v) is 3.76. The Balaban J connectivity index is 1.46. The van der Waals surface area contributed by atoms with E-state index < -0.39 is 0 Å². The fraction of sp³-hybridized carbons (Fsp3) is 0.300. The van der Waals surface area contributed by atoms with Gasteiger partial charge in [-0.15, -0.1) is 5.10 Å². The summed E-state index contributed by atoms with van der Waals surface area (Å²) in [6.07, 6.45) is 3.53. The molecule has 0 aliphatic carbocycles. The highest BCUT2D eigenvalue weighted by atomic mass is 35.5. The van der Waals surface area contributed by atoms with Crippen molar-refractivity contribution in [1.29, 1.82) is 0 Å². The van der Waals surface area contributed by atoms with Crippen molar-refractivity contribution in [3.63, 3.8) is 0 Å². The molecule has 28 heavy (non-hydrogen) atoms. The third kappa shape index (κ3) is 3.99. The molecular formula is C20H22ClN7. The van der Waals surface area contributed by atoms with Crippen LogP contribution in [0.3, 0.4) is 0 Å². The van der Waals surface area contributed by atoms with Crippen molar-refractivity contribution in [3.8, 4) is 0 Å². The van der Waals surface area contributed by atoms with Crippen molar-refractivity contribution in [2.45, 2.75) is 13.8 Å². The van der Waals surface area contributed by atoms with Crippen LogP contribution >= 0.6 is 11.6 Å². The van der Waals surface area contributed by atoms with E-state index in [-0.39, 0.29) is 0 Å². The van der Waals surface area contributed by atoms with E-state index in [1.807, 2.05) is 44.3 Å². The average molecular weight is 396 g/mol. The quantitative estimate of drug-likeness (QED) is 0.723. The summed E-state index contributed by atoms with van der Waals surface area (Å²) in [5.41, 5.74) is 2.97. The second kappa shape index (κ2) is 7.98. The molecule has 8 heteroatoms. The second-order valence-electron chi connectivity index (χ2n) is 6.86. The zero-order chi connectivity index (χ0) is 19.5. The summed E-state index contributed by atoms with van der Waals surface area (Å²) >= 11 is 6.39. The smallest absolute Gasteiger partial charge is 0.249 e. The monoisotopic (exact) mass is 395 g/mol. The van der Waals surface area contributed by atoms with Crippen LogP contribution in [0.25, 0.3) is 0 Å². The lowest BCUT2D eigenvalue weighted by Gasteiger charge is -2.35. The zero-order valence-corrected chi connectivity index (χ0v) is 16.7. The summed E-state index contributed by atoms with van der Waals surface area (Å²) < 4.78 is 0. The van der Waals surface area contributed by atoms with Crippen LogP contribution in [-0.4, -0.2) is 46.3 Å². The van der Waals surface area contributed by atoms with Gasteiger partial charge < -0.3 is 15.1 Å². The van der Waals surface area contributed by atoms with Crippen molar-refractivity contribution in [1.82, 2.24) is 20.2 Å². The van der Waals surface area contributed by atoms with E-state index in [1.54, 1.807) is 6.20 Å². The molecule has 4 rings (SSSR count). The lowest BCUT2D eigenvalue weighted by Crippen LogP contribution is -2.47. The molecule has 144 valence electrons. The molecule has 0 bridgehead atoms. The highest BCUT2D eigenvalue weighted by Gasteiger charge is 2.20. The Kier molecular flexibility index (Phi) is 5.25. The minimum Gasteiger partial charge on any atom is -0.353 e. The van der Waals surface area contributed by atoms with Gasteiger partial charge in [0, 0.05) is 32.4 Å². The van der Waals surface area contributed by atoms with Gasteiger partial charge in [-0.3, -0.25) is 0 Å². The topological polar surface area (TPSA) is 70.1 Å². The number of hydrogen-bond donors (Lipinski definition) is 1. The lowest BCUT2D eigenvalue weighted by molar-refractivity contribution is 0.639. The highest BCUT2D eigenvalue weighted by Crippen LogP contribution is 2.29. The van der Waals surface area contributed by atoms with Crippen LogP contribution in [0.2, 0.25) is 5.02 Å². The van der Waals surface area contributed by atoms with E-state index in [0.717, 1.165) is 54.6 Å². The Morgan fingerprint density at radius 2 is 1.75 bits per heavy atom. The van der Waals surface area contributed by atoms with Crippen LogP contribution in [0.15, 0.2) is 42.7 Å². The number of pyridine rings is 1. The van der Waals surface area contributed by atoms with Crippen LogP contribution in [0.4, 0.5) is 23.3 Å². The van der Waals surface area contributed by atoms with Gasteiger partial charge in [-0.05, 0) is 43.2 Å². The van der Waals surface area contributed by atoms with Gasteiger partial charge in [0.1, 0.15) is 5.82 Å². The molecule has 0 spiro atoms. The summed E-state index contributed by atoms with van der Waals surface area (Å²) in [6.45, 7) is 7.48. The molecule has 1 aliphatic heterocycles. The average Bonchev–Trinajstić information content (AvgIpc) is 2.72. The predicted octanol–water partition coefficient (Wildman–Crippen LogP) is 3.61. The molecule has 0 atom stereocenters. The normalized spacial score (nSPS) is 14.2. The standard InChI is InChI=1S/C20H22ClN7/c1-14-11-15(2)19(16(21)12-14)25-20-24-18(13-23-26-20)28-9-7-27(8-10-28)17-5-3-4-6-22-17/h3-6,11-13H,7-10H2,1-2H3,(H,24,25,26). The van der Waals surface area contributed by atoms with Gasteiger partial charge in [0.25, 0.3) is 0 Å². The number of aromatic nitrogens is 4. The molecule has 3 aromatic rings. The molecule has 0 amide bonds. The van der Waals surface area contributed by atoms with Crippen molar-refractivity contribution in [2.75, 3.05) is 41.3 Å². The molecule has 2 aromatic heterocycles. The van der Waals surface area contributed by atoms with E-state index in [0.29, 0.717) is 11.0 Å². The van der Waals surface area contributed by atoms with E-state index in [9.17, 15) is 0 Å². The highest BCUT2D eigenvalue weighted by molar-refractivity contribution is 6.33. The first kappa shape index (κ1) is 18.4. The van der Waals surface area contributed by atoms with Gasteiger partial charge in [-0.2, -0.15) is 10.1 Å². The largest absolute Gasteiger partial charge is 0.353 e. The van der Waals surface area contributed by atoms with Gasteiger partial charge in [-0.25, -0.2) is 4.98 Å². The van der Waals surface area contributed by atoms with Gasteiger partial charge in [0.15, 0.2) is 5.82 Å². The molecule has 1 aromatic carbocycles. The fourth-order valence-electron chi connectivity index (χ4n) is 3.39. The summed E-state index contributed by atoms with van der Waals surface area (Å²) in [5.74, 6) is 2.26. The van der Waals surface area contributed by atoms with Crippen LogP contribution in [0.5, 0.6) is 0 Å². The Morgan fingerprint density at radius 3 is 2.43 bits per heavy atom. The Labute approximate surface area is 169 Å². The van der Waals surface area contributed by atoms with Crippen molar-refractivity contribution >= 4 is 34.9 Å². The SMILES string of the molecule is Cc1cc(C)c(Nc2nncc(N3CCN(c4ccccn4)CC3)n2)c(Cl)c1. The summed E-state index contributed by atoms with van der Waals surface area (Å²) in [5, 5.41) is 12.1. The Bertz CT molecular complexity index is 933. The number of hydrogen-bond acceptors (Lipinski definition) is 7. The van der Waals surface area contributed by atoms with Crippen LogP contribution in [0, 0.1) is 13.8 Å². The van der Waals surface area contributed by atoms with Crippen molar-refractivity contribution < 1.29 is 0 Å². The number of benzene rings is 1. The van der Waals surface area contributed by atoms with Crippen molar-refractivity contribution in [2.24, 2.45) is 0 Å². The number of aryl methyl sites for hydroxylation is 2. The van der Waals surface area contributed by atoms with E-state index in [1.165, 1.54) is 0 Å². The van der Waals surface area contributed by atoms with Gasteiger partial charge >= 0.3 is 0 Å². The molecule has 1 N–H and O–H groups in total. The number of nitrogens with zero attached hydrogens (tertiary/aromatic N) is 6. The summed E-state index contributed by atoms with van der Waals surface area (Å²) in [7, 11) is 0. The first-order chi connectivity index (χ1) is 13.6. The van der Waals surface area contributed by atoms with E-state index in [4.69, 9.17) is 11.6 Å². The summed E-state index contributed by atoms with van der Waals surface area (Å²) in [4.78, 5) is 13.6. The third-order valence-electron chi connectivity index (χ3n) is 4.79. The van der Waals surface area contributed by atoms with Gasteiger partial charge in [-0.1, -0.05) is 23.7 Å². The maximum atomic E-state index is 6.39. The molecule has 7 nitrogen and oxygen atoms in total. The number of anilines is 4. The van der Waals surface area contributed by atoms with Gasteiger partial charge in [0.05, 0.1) is 16.9 Å². The van der Waals surface area contributed by atoms with Crippen LogP contribution < -0.4 is 15.1 Å². The molecule has 1 saturated heterocycles. The Hall–Kier alpha value is -2.93. The van der Waals surface area contributed by atoms with Crippen LogP contribution in [-0.2, 0) is 0 Å². The molecule has 0 unspecified atom stereocenters. The molecule has 3 heterocycles. The van der Waals surface area contributed by atoms with Crippen LogP contribution in [0.1, 0.15) is 11.1 Å². The lowest BCUT2D eigenvalue weighted by atomic mass is 10.1. The third-order valence-corrected chi connectivity index (χ3v) is 5.09. The maximum Gasteiger partial charge on any atom is 0.249 e. The van der Waals surface area contributed by atoms with Gasteiger partial charge in [0.2, 0.25) is 5.95 Å². The van der Waals surface area contributed by atoms with E-state index >= 15 is 0 Å². The predicted molar refractivity (Wildman–Crippen MR) is 113 cm³/mol. The number of halogens is 1. The first-order valence-electron chi connectivity index (χ1n) is 9.24. The molecule has 0 saturated carbocycles. The van der Waals surface area contributed by atoms with Crippen molar-refractivity contribution in [3.05, 3.63) is 58.9 Å². The Morgan fingerprint density at radius 1 is 1.00 bits per heavy atom. The summed E-state index contributed by atoms with van der Waals surface area (Å²) in [6, 6.07) is 9.98. The number of piperazine rings is 1. The second-order valence-corrected chi connectivity index (χ2v) is 7.27. The number of rotatable bonds is 4. The minimum absolute atomic E-state index is 0.443. The minimum atomic E-state index is 0.443. The molecule has 0 radical (unpaired) electrons. The maximum absolute atomic E-state index is 6.39. The molecule has 1 aliphatic rings. The molecular weight excluding hydrogens is 374 g/mol. The molecule has 1 fully saturated rings. The first-order valence-corrected chi connectivity index (χ1v) is 9.62. The van der Waals surface area contributed by atoms with E-state index in [2.05, 4.69) is 41.3 Å². The zero-order valence-electron chi connectivity index (χ0n) is 15.9.